The minimum atomic E-state index is -1.11. The maximum absolute atomic E-state index is 12.7. The first kappa shape index (κ1) is 24.9. The highest BCUT2D eigenvalue weighted by Crippen LogP contribution is 2.25. The van der Waals surface area contributed by atoms with Crippen molar-refractivity contribution in [2.45, 2.75) is 13.5 Å². The molecule has 8 nitrogen and oxygen atoms in total. The third-order valence-corrected chi connectivity index (χ3v) is 6.31. The second kappa shape index (κ2) is 11.5. The van der Waals surface area contributed by atoms with Crippen molar-refractivity contribution in [2.75, 3.05) is 42.9 Å². The Labute approximate surface area is 210 Å². The summed E-state index contributed by atoms with van der Waals surface area (Å²) in [4.78, 5) is 41.2. The van der Waals surface area contributed by atoms with Gasteiger partial charge in [-0.3, -0.25) is 14.5 Å². The zero-order valence-electron chi connectivity index (χ0n) is 20.2. The predicted molar refractivity (Wildman–Crippen MR) is 139 cm³/mol. The summed E-state index contributed by atoms with van der Waals surface area (Å²) in [6.07, 6.45) is 0. The summed E-state index contributed by atoms with van der Waals surface area (Å²) in [6.45, 7) is 5.37. The van der Waals surface area contributed by atoms with Crippen LogP contribution in [0.4, 0.5) is 11.4 Å². The first-order valence-electron chi connectivity index (χ1n) is 11.9. The molecular formula is C28H30N4O4. The Bertz CT molecular complexity index is 1240. The van der Waals surface area contributed by atoms with Gasteiger partial charge in [0.25, 0.3) is 5.91 Å². The predicted octanol–water partition coefficient (Wildman–Crippen LogP) is 3.38. The van der Waals surface area contributed by atoms with E-state index in [9.17, 15) is 19.5 Å². The van der Waals surface area contributed by atoms with Crippen LogP contribution in [-0.4, -0.2) is 60.5 Å². The summed E-state index contributed by atoms with van der Waals surface area (Å²) in [6, 6.07) is 22.0. The SMILES string of the molecule is Cc1ccccc1C(=O)Nc1ccc(N2CCN(CC(=O)NCc3ccccc3)CC2)cc1C(=O)O. The lowest BCUT2D eigenvalue weighted by atomic mass is 10.1. The highest BCUT2D eigenvalue weighted by Gasteiger charge is 2.22. The molecule has 0 aromatic heterocycles. The van der Waals surface area contributed by atoms with Crippen LogP contribution in [-0.2, 0) is 11.3 Å². The molecule has 0 aliphatic carbocycles. The van der Waals surface area contributed by atoms with E-state index in [4.69, 9.17) is 0 Å². The standard InChI is InChI=1S/C28H30N4O4/c1-20-7-5-6-10-23(20)27(34)30-25-12-11-22(17-24(25)28(35)36)32-15-13-31(14-16-32)19-26(33)29-18-21-8-3-2-4-9-21/h2-12,17H,13-16,18-19H2,1H3,(H,29,33)(H,30,34)(H,35,36). The second-order valence-electron chi connectivity index (χ2n) is 8.83. The quantitative estimate of drug-likeness (QED) is 0.451. The van der Waals surface area contributed by atoms with Gasteiger partial charge in [-0.15, -0.1) is 0 Å². The number of piperazine rings is 1. The Morgan fingerprint density at radius 2 is 1.56 bits per heavy atom. The van der Waals surface area contributed by atoms with Gasteiger partial charge in [-0.1, -0.05) is 48.5 Å². The summed E-state index contributed by atoms with van der Waals surface area (Å²) in [5.41, 5.74) is 3.44. The molecule has 1 fully saturated rings. The Hall–Kier alpha value is -4.17. The van der Waals surface area contributed by atoms with Crippen LogP contribution in [0.3, 0.4) is 0 Å². The number of carboxylic acid groups (broad SMARTS) is 1. The number of benzene rings is 3. The molecule has 1 aliphatic rings. The lowest BCUT2D eigenvalue weighted by Crippen LogP contribution is -2.49. The summed E-state index contributed by atoms with van der Waals surface area (Å²) >= 11 is 0. The molecule has 3 N–H and O–H groups in total. The maximum atomic E-state index is 12.7. The molecule has 1 saturated heterocycles. The first-order chi connectivity index (χ1) is 17.4. The molecule has 8 heteroatoms. The zero-order valence-corrected chi connectivity index (χ0v) is 20.2. The van der Waals surface area contributed by atoms with Crippen molar-refractivity contribution in [1.29, 1.82) is 0 Å². The van der Waals surface area contributed by atoms with E-state index >= 15 is 0 Å². The van der Waals surface area contributed by atoms with Gasteiger partial charge in [0, 0.05) is 44.0 Å². The van der Waals surface area contributed by atoms with Crippen molar-refractivity contribution in [3.8, 4) is 0 Å². The van der Waals surface area contributed by atoms with Crippen LogP contribution < -0.4 is 15.5 Å². The number of carboxylic acids is 1. The molecule has 0 bridgehead atoms. The van der Waals surface area contributed by atoms with Gasteiger partial charge >= 0.3 is 5.97 Å². The van der Waals surface area contributed by atoms with E-state index in [1.165, 1.54) is 0 Å². The number of aromatic carboxylic acids is 1. The number of hydrogen-bond acceptors (Lipinski definition) is 5. The molecule has 0 unspecified atom stereocenters. The third-order valence-electron chi connectivity index (χ3n) is 6.31. The topological polar surface area (TPSA) is 102 Å². The van der Waals surface area contributed by atoms with Gasteiger partial charge in [0.1, 0.15) is 0 Å². The van der Waals surface area contributed by atoms with Crippen molar-refractivity contribution < 1.29 is 19.5 Å². The first-order valence-corrected chi connectivity index (χ1v) is 11.9. The number of carbonyl (C=O) groups excluding carboxylic acids is 2. The van der Waals surface area contributed by atoms with E-state index in [2.05, 4.69) is 20.4 Å². The largest absolute Gasteiger partial charge is 0.478 e. The van der Waals surface area contributed by atoms with Crippen LogP contribution in [0.5, 0.6) is 0 Å². The average Bonchev–Trinajstić information content (AvgIpc) is 2.89. The van der Waals surface area contributed by atoms with Crippen molar-refractivity contribution in [3.05, 3.63) is 95.1 Å². The average molecular weight is 487 g/mol. The number of nitrogens with one attached hydrogen (secondary N) is 2. The van der Waals surface area contributed by atoms with Crippen molar-refractivity contribution >= 4 is 29.2 Å². The fourth-order valence-corrected chi connectivity index (χ4v) is 4.25. The lowest BCUT2D eigenvalue weighted by Gasteiger charge is -2.36. The number of hydrogen-bond donors (Lipinski definition) is 3. The van der Waals surface area contributed by atoms with Crippen molar-refractivity contribution in [2.24, 2.45) is 0 Å². The minimum Gasteiger partial charge on any atom is -0.478 e. The fourth-order valence-electron chi connectivity index (χ4n) is 4.25. The fraction of sp³-hybridized carbons (Fsp3) is 0.250. The Morgan fingerprint density at radius 1 is 0.861 bits per heavy atom. The molecule has 1 aliphatic heterocycles. The zero-order chi connectivity index (χ0) is 25.5. The molecule has 2 amide bonds. The van der Waals surface area contributed by atoms with Crippen LogP contribution in [0.25, 0.3) is 0 Å². The Balaban J connectivity index is 1.34. The summed E-state index contributed by atoms with van der Waals surface area (Å²) < 4.78 is 0. The lowest BCUT2D eigenvalue weighted by molar-refractivity contribution is -0.122. The molecule has 3 aromatic carbocycles. The molecule has 0 saturated carbocycles. The smallest absolute Gasteiger partial charge is 0.337 e. The summed E-state index contributed by atoms with van der Waals surface area (Å²) in [7, 11) is 0. The second-order valence-corrected chi connectivity index (χ2v) is 8.83. The Kier molecular flexibility index (Phi) is 7.97. The maximum Gasteiger partial charge on any atom is 0.337 e. The summed E-state index contributed by atoms with van der Waals surface area (Å²) in [5, 5.41) is 15.5. The highest BCUT2D eigenvalue weighted by atomic mass is 16.4. The van der Waals surface area contributed by atoms with Gasteiger partial charge in [-0.2, -0.15) is 0 Å². The van der Waals surface area contributed by atoms with Gasteiger partial charge in [0.05, 0.1) is 17.8 Å². The number of nitrogens with zero attached hydrogens (tertiary/aromatic N) is 2. The molecule has 186 valence electrons. The van der Waals surface area contributed by atoms with Gasteiger partial charge in [0.2, 0.25) is 5.91 Å². The molecule has 3 aromatic rings. The van der Waals surface area contributed by atoms with Crippen LogP contribution in [0.15, 0.2) is 72.8 Å². The van der Waals surface area contributed by atoms with E-state index < -0.39 is 5.97 Å². The minimum absolute atomic E-state index is 0.0192. The molecule has 0 atom stereocenters. The molecule has 36 heavy (non-hydrogen) atoms. The van der Waals surface area contributed by atoms with Gasteiger partial charge in [-0.25, -0.2) is 4.79 Å². The highest BCUT2D eigenvalue weighted by molar-refractivity contribution is 6.08. The van der Waals surface area contributed by atoms with Crippen molar-refractivity contribution in [1.82, 2.24) is 10.2 Å². The molecule has 4 rings (SSSR count). The van der Waals surface area contributed by atoms with Crippen LogP contribution >= 0.6 is 0 Å². The van der Waals surface area contributed by atoms with E-state index in [1.54, 1.807) is 24.3 Å². The van der Waals surface area contributed by atoms with Crippen LogP contribution in [0, 0.1) is 6.92 Å². The summed E-state index contributed by atoms with van der Waals surface area (Å²) in [5.74, 6) is -1.47. The van der Waals surface area contributed by atoms with E-state index in [0.29, 0.717) is 44.8 Å². The van der Waals surface area contributed by atoms with Gasteiger partial charge < -0.3 is 20.6 Å². The third kappa shape index (κ3) is 6.28. The van der Waals surface area contributed by atoms with E-state index in [1.807, 2.05) is 55.5 Å². The van der Waals surface area contributed by atoms with Gasteiger partial charge in [0.15, 0.2) is 0 Å². The number of rotatable bonds is 8. The van der Waals surface area contributed by atoms with E-state index in [0.717, 1.165) is 16.8 Å². The number of carbonyl (C=O) groups is 3. The number of anilines is 2. The number of aryl methyl sites for hydroxylation is 1. The number of amides is 2. The normalized spacial score (nSPS) is 13.8. The molecule has 1 heterocycles. The van der Waals surface area contributed by atoms with Gasteiger partial charge in [-0.05, 0) is 42.3 Å². The van der Waals surface area contributed by atoms with Crippen LogP contribution in [0.1, 0.15) is 31.8 Å². The van der Waals surface area contributed by atoms with E-state index in [-0.39, 0.29) is 23.1 Å². The monoisotopic (exact) mass is 486 g/mol. The molecule has 0 spiro atoms. The van der Waals surface area contributed by atoms with Crippen molar-refractivity contribution in [3.63, 3.8) is 0 Å². The Morgan fingerprint density at radius 3 is 2.25 bits per heavy atom. The molecule has 0 radical (unpaired) electrons. The molecular weight excluding hydrogens is 456 g/mol. The van der Waals surface area contributed by atoms with Crippen LogP contribution in [0.2, 0.25) is 0 Å².